The van der Waals surface area contributed by atoms with Gasteiger partial charge in [0, 0.05) is 29.8 Å². The third-order valence-corrected chi connectivity index (χ3v) is 3.10. The minimum Gasteiger partial charge on any atom is -0.505 e. The molecule has 1 unspecified atom stereocenters. The Kier molecular flexibility index (Phi) is 4.29. The highest BCUT2D eigenvalue weighted by Gasteiger charge is 2.13. The second-order valence-corrected chi connectivity index (χ2v) is 4.52. The predicted molar refractivity (Wildman–Crippen MR) is 69.7 cm³/mol. The summed E-state index contributed by atoms with van der Waals surface area (Å²) in [7, 11) is 0. The van der Waals surface area contributed by atoms with Gasteiger partial charge < -0.3 is 10.4 Å². The van der Waals surface area contributed by atoms with Crippen LogP contribution in [0, 0.1) is 17.5 Å². The number of aromatic hydroxyl groups is 1. The number of hydrogen-bond acceptors (Lipinski definition) is 2. The van der Waals surface area contributed by atoms with E-state index in [0.29, 0.717) is 11.1 Å². The van der Waals surface area contributed by atoms with Gasteiger partial charge in [0.15, 0.2) is 11.6 Å². The van der Waals surface area contributed by atoms with Crippen LogP contribution in [0.5, 0.6) is 5.75 Å². The fourth-order valence-electron chi connectivity index (χ4n) is 1.93. The molecule has 106 valence electrons. The van der Waals surface area contributed by atoms with E-state index in [0.717, 1.165) is 12.1 Å². The minimum absolute atomic E-state index is 0.168. The molecular formula is C15H14F3NO. The number of phenols is 1. The standard InChI is InChI=1S/C15H14F3NO/c1-9(12-6-5-11(16)7-14(12)18)19-8-10-3-2-4-13(17)15(10)20/h2-7,9,19-20H,8H2,1H3. The number of phenolic OH excluding ortho intramolecular Hbond substituents is 1. The quantitative estimate of drug-likeness (QED) is 0.896. The molecule has 0 saturated carbocycles. The number of rotatable bonds is 4. The maximum absolute atomic E-state index is 13.6. The first-order valence-corrected chi connectivity index (χ1v) is 6.13. The Bertz CT molecular complexity index is 616. The molecule has 1 atom stereocenters. The van der Waals surface area contributed by atoms with E-state index in [9.17, 15) is 18.3 Å². The number of hydrogen-bond donors (Lipinski definition) is 2. The van der Waals surface area contributed by atoms with Crippen molar-refractivity contribution in [3.05, 3.63) is 65.0 Å². The molecule has 2 N–H and O–H groups in total. The van der Waals surface area contributed by atoms with Crippen LogP contribution in [-0.2, 0) is 6.54 Å². The van der Waals surface area contributed by atoms with Gasteiger partial charge in [-0.05, 0) is 19.1 Å². The minimum atomic E-state index is -0.704. The second kappa shape index (κ2) is 5.96. The van der Waals surface area contributed by atoms with Crippen molar-refractivity contribution in [1.29, 1.82) is 0 Å². The van der Waals surface area contributed by atoms with E-state index in [1.54, 1.807) is 13.0 Å². The highest BCUT2D eigenvalue weighted by Crippen LogP contribution is 2.22. The predicted octanol–water partition coefficient (Wildman–Crippen LogP) is 3.66. The summed E-state index contributed by atoms with van der Waals surface area (Å²) in [6, 6.07) is 7.14. The third kappa shape index (κ3) is 3.11. The van der Waals surface area contributed by atoms with Crippen molar-refractivity contribution >= 4 is 0 Å². The van der Waals surface area contributed by atoms with Crippen molar-refractivity contribution < 1.29 is 18.3 Å². The summed E-state index contributed by atoms with van der Waals surface area (Å²) in [4.78, 5) is 0. The van der Waals surface area contributed by atoms with Crippen molar-refractivity contribution in [3.63, 3.8) is 0 Å². The van der Waals surface area contributed by atoms with E-state index in [4.69, 9.17) is 0 Å². The van der Waals surface area contributed by atoms with E-state index in [2.05, 4.69) is 5.32 Å². The molecule has 0 aliphatic carbocycles. The smallest absolute Gasteiger partial charge is 0.165 e. The summed E-state index contributed by atoms with van der Waals surface area (Å²) in [6.45, 7) is 1.87. The Hall–Kier alpha value is -2.01. The zero-order valence-electron chi connectivity index (χ0n) is 10.8. The maximum atomic E-state index is 13.6. The summed E-state index contributed by atoms with van der Waals surface area (Å²) in [5.74, 6) is -2.41. The second-order valence-electron chi connectivity index (χ2n) is 4.52. The molecular weight excluding hydrogens is 267 g/mol. The van der Waals surface area contributed by atoms with Gasteiger partial charge in [-0.2, -0.15) is 0 Å². The monoisotopic (exact) mass is 281 g/mol. The van der Waals surface area contributed by atoms with E-state index >= 15 is 0 Å². The van der Waals surface area contributed by atoms with Crippen LogP contribution < -0.4 is 5.32 Å². The van der Waals surface area contributed by atoms with Crippen LogP contribution in [0.2, 0.25) is 0 Å². The molecule has 0 aromatic heterocycles. The maximum Gasteiger partial charge on any atom is 0.165 e. The van der Waals surface area contributed by atoms with Crippen LogP contribution in [0.25, 0.3) is 0 Å². The Balaban J connectivity index is 2.08. The Morgan fingerprint density at radius 3 is 2.55 bits per heavy atom. The zero-order valence-corrected chi connectivity index (χ0v) is 10.8. The molecule has 2 aromatic rings. The summed E-state index contributed by atoms with van der Waals surface area (Å²) in [6.07, 6.45) is 0. The van der Waals surface area contributed by atoms with Crippen molar-refractivity contribution in [2.45, 2.75) is 19.5 Å². The SMILES string of the molecule is CC(NCc1cccc(F)c1O)c1ccc(F)cc1F. The van der Waals surface area contributed by atoms with Gasteiger partial charge in [0.25, 0.3) is 0 Å². The van der Waals surface area contributed by atoms with E-state index in [1.165, 1.54) is 18.2 Å². The molecule has 0 aliphatic heterocycles. The average molecular weight is 281 g/mol. The number of nitrogens with one attached hydrogen (secondary N) is 1. The van der Waals surface area contributed by atoms with Gasteiger partial charge in [-0.25, -0.2) is 13.2 Å². The Labute approximate surface area is 114 Å². The molecule has 0 spiro atoms. The molecule has 0 fully saturated rings. The van der Waals surface area contributed by atoms with Crippen LogP contribution >= 0.6 is 0 Å². The highest BCUT2D eigenvalue weighted by atomic mass is 19.1. The lowest BCUT2D eigenvalue weighted by Crippen LogP contribution is -2.19. The molecule has 0 bridgehead atoms. The first-order valence-electron chi connectivity index (χ1n) is 6.13. The lowest BCUT2D eigenvalue weighted by molar-refractivity contribution is 0.420. The molecule has 2 aromatic carbocycles. The summed E-state index contributed by atoms with van der Waals surface area (Å²) in [5.41, 5.74) is 0.682. The molecule has 0 amide bonds. The van der Waals surface area contributed by atoms with Crippen LogP contribution in [0.3, 0.4) is 0 Å². The lowest BCUT2D eigenvalue weighted by atomic mass is 10.1. The fraction of sp³-hybridized carbons (Fsp3) is 0.200. The topological polar surface area (TPSA) is 32.3 Å². The summed E-state index contributed by atoms with van der Waals surface area (Å²) >= 11 is 0. The molecule has 0 saturated heterocycles. The van der Waals surface area contributed by atoms with Crippen molar-refractivity contribution in [2.24, 2.45) is 0 Å². The molecule has 5 heteroatoms. The average Bonchev–Trinajstić information content (AvgIpc) is 2.40. The number of halogens is 3. The fourth-order valence-corrected chi connectivity index (χ4v) is 1.93. The van der Waals surface area contributed by atoms with E-state index in [-0.39, 0.29) is 6.54 Å². The van der Waals surface area contributed by atoms with Gasteiger partial charge in [0.1, 0.15) is 11.6 Å². The van der Waals surface area contributed by atoms with Crippen LogP contribution in [0.1, 0.15) is 24.1 Å². The first-order chi connectivity index (χ1) is 9.49. The van der Waals surface area contributed by atoms with Gasteiger partial charge in [-0.1, -0.05) is 18.2 Å². The molecule has 2 nitrogen and oxygen atoms in total. The van der Waals surface area contributed by atoms with Gasteiger partial charge in [0.05, 0.1) is 0 Å². The summed E-state index contributed by atoms with van der Waals surface area (Å²) < 4.78 is 39.6. The molecule has 20 heavy (non-hydrogen) atoms. The largest absolute Gasteiger partial charge is 0.505 e. The molecule has 0 heterocycles. The van der Waals surface area contributed by atoms with Gasteiger partial charge in [0.2, 0.25) is 0 Å². The third-order valence-electron chi connectivity index (χ3n) is 3.10. The highest BCUT2D eigenvalue weighted by molar-refractivity contribution is 5.33. The lowest BCUT2D eigenvalue weighted by Gasteiger charge is -2.15. The van der Waals surface area contributed by atoms with Crippen LogP contribution in [-0.4, -0.2) is 5.11 Å². The number of para-hydroxylation sites is 1. The Morgan fingerprint density at radius 1 is 1.10 bits per heavy atom. The summed E-state index contributed by atoms with van der Waals surface area (Å²) in [5, 5.41) is 12.5. The number of benzene rings is 2. The van der Waals surface area contributed by atoms with Gasteiger partial charge >= 0.3 is 0 Å². The molecule has 0 radical (unpaired) electrons. The van der Waals surface area contributed by atoms with E-state index < -0.39 is 29.2 Å². The van der Waals surface area contributed by atoms with Crippen LogP contribution in [0.15, 0.2) is 36.4 Å². The van der Waals surface area contributed by atoms with Crippen molar-refractivity contribution in [1.82, 2.24) is 5.32 Å². The van der Waals surface area contributed by atoms with E-state index in [1.807, 2.05) is 0 Å². The molecule has 0 aliphatic rings. The first kappa shape index (κ1) is 14.4. The molecule has 2 rings (SSSR count). The van der Waals surface area contributed by atoms with Crippen molar-refractivity contribution in [2.75, 3.05) is 0 Å². The van der Waals surface area contributed by atoms with Gasteiger partial charge in [-0.3, -0.25) is 0 Å². The van der Waals surface area contributed by atoms with Crippen LogP contribution in [0.4, 0.5) is 13.2 Å². The zero-order chi connectivity index (χ0) is 14.7. The Morgan fingerprint density at radius 2 is 1.85 bits per heavy atom. The van der Waals surface area contributed by atoms with Gasteiger partial charge in [-0.15, -0.1) is 0 Å². The van der Waals surface area contributed by atoms with Crippen molar-refractivity contribution in [3.8, 4) is 5.75 Å². The normalized spacial score (nSPS) is 12.4.